The third-order valence-corrected chi connectivity index (χ3v) is 4.47. The van der Waals surface area contributed by atoms with Gasteiger partial charge in [0.15, 0.2) is 0 Å². The van der Waals surface area contributed by atoms with E-state index in [9.17, 15) is 14.7 Å². The third-order valence-electron chi connectivity index (χ3n) is 3.30. The van der Waals surface area contributed by atoms with Crippen LogP contribution in [-0.4, -0.2) is 23.6 Å². The molecule has 0 unspecified atom stereocenters. The van der Waals surface area contributed by atoms with Crippen molar-refractivity contribution in [3.05, 3.63) is 68.2 Å². The second-order valence-electron chi connectivity index (χ2n) is 5.35. The Labute approximate surface area is 168 Å². The first-order chi connectivity index (χ1) is 12.4. The molecule has 7 heteroatoms. The molecule has 2 aromatic rings. The molecule has 2 aromatic carbocycles. The second kappa shape index (κ2) is 9.54. The highest BCUT2D eigenvalue weighted by Gasteiger charge is 2.14. The van der Waals surface area contributed by atoms with Crippen molar-refractivity contribution in [3.63, 3.8) is 0 Å². The van der Waals surface area contributed by atoms with Crippen molar-refractivity contribution in [1.29, 1.82) is 0 Å². The van der Waals surface area contributed by atoms with E-state index in [0.29, 0.717) is 32.4 Å². The van der Waals surface area contributed by atoms with Gasteiger partial charge in [-0.25, -0.2) is 4.79 Å². The molecule has 1 amide bonds. The van der Waals surface area contributed by atoms with Gasteiger partial charge in [0.2, 0.25) is 0 Å². The SMILES string of the molecule is CCCOc1c(Br)cc(/C=C(/NC(=O)c2ccccc2)C(=O)O)cc1Br. The molecular weight excluding hydrogens is 466 g/mol. The Morgan fingerprint density at radius 3 is 2.31 bits per heavy atom. The molecule has 0 heterocycles. The van der Waals surface area contributed by atoms with Crippen LogP contribution in [0.2, 0.25) is 0 Å². The lowest BCUT2D eigenvalue weighted by Gasteiger charge is -2.11. The van der Waals surface area contributed by atoms with Crippen LogP contribution in [0.5, 0.6) is 5.75 Å². The minimum atomic E-state index is -1.23. The minimum absolute atomic E-state index is 0.222. The van der Waals surface area contributed by atoms with Crippen LogP contribution >= 0.6 is 31.9 Å². The zero-order chi connectivity index (χ0) is 19.1. The smallest absolute Gasteiger partial charge is 0.352 e. The number of ether oxygens (including phenoxy) is 1. The van der Waals surface area contributed by atoms with Gasteiger partial charge in [0.1, 0.15) is 11.4 Å². The fraction of sp³-hybridized carbons (Fsp3) is 0.158. The molecule has 5 nitrogen and oxygen atoms in total. The second-order valence-corrected chi connectivity index (χ2v) is 7.05. The fourth-order valence-corrected chi connectivity index (χ4v) is 3.56. The van der Waals surface area contributed by atoms with E-state index in [-0.39, 0.29) is 5.70 Å². The quantitative estimate of drug-likeness (QED) is 0.553. The van der Waals surface area contributed by atoms with E-state index in [2.05, 4.69) is 37.2 Å². The van der Waals surface area contributed by atoms with Crippen LogP contribution in [0.3, 0.4) is 0 Å². The van der Waals surface area contributed by atoms with Gasteiger partial charge in [0, 0.05) is 5.56 Å². The maximum absolute atomic E-state index is 12.2. The van der Waals surface area contributed by atoms with Crippen LogP contribution in [0, 0.1) is 0 Å². The van der Waals surface area contributed by atoms with E-state index in [1.54, 1.807) is 42.5 Å². The average molecular weight is 483 g/mol. The van der Waals surface area contributed by atoms with Crippen LogP contribution in [0.1, 0.15) is 29.3 Å². The predicted octanol–water partition coefficient (Wildman–Crippen LogP) is 4.86. The molecule has 0 aliphatic carbocycles. The van der Waals surface area contributed by atoms with E-state index < -0.39 is 11.9 Å². The summed E-state index contributed by atoms with van der Waals surface area (Å²) in [4.78, 5) is 23.7. The number of benzene rings is 2. The molecule has 26 heavy (non-hydrogen) atoms. The number of rotatable bonds is 7. The number of carbonyl (C=O) groups is 2. The Morgan fingerprint density at radius 1 is 1.15 bits per heavy atom. The molecule has 2 N–H and O–H groups in total. The summed E-state index contributed by atoms with van der Waals surface area (Å²) in [5.74, 6) is -1.07. The van der Waals surface area contributed by atoms with Crippen molar-refractivity contribution in [2.75, 3.05) is 6.61 Å². The van der Waals surface area contributed by atoms with Gasteiger partial charge in [-0.2, -0.15) is 0 Å². The van der Waals surface area contributed by atoms with Crippen LogP contribution in [-0.2, 0) is 4.79 Å². The Kier molecular flexibility index (Phi) is 7.41. The lowest BCUT2D eigenvalue weighted by molar-refractivity contribution is -0.132. The third kappa shape index (κ3) is 5.44. The van der Waals surface area contributed by atoms with Crippen molar-refractivity contribution >= 4 is 49.8 Å². The highest BCUT2D eigenvalue weighted by molar-refractivity contribution is 9.11. The fourth-order valence-electron chi connectivity index (χ4n) is 2.11. The first-order valence-electron chi connectivity index (χ1n) is 7.85. The van der Waals surface area contributed by atoms with Crippen molar-refractivity contribution in [3.8, 4) is 5.75 Å². The Hall–Kier alpha value is -2.12. The molecule has 0 aromatic heterocycles. The summed E-state index contributed by atoms with van der Waals surface area (Å²) in [5, 5.41) is 11.8. The molecule has 2 rings (SSSR count). The molecule has 0 saturated heterocycles. The number of aliphatic carboxylic acids is 1. The lowest BCUT2D eigenvalue weighted by Crippen LogP contribution is -2.27. The van der Waals surface area contributed by atoms with E-state index in [1.807, 2.05) is 6.92 Å². The molecule has 136 valence electrons. The molecule has 0 radical (unpaired) electrons. The Balaban J connectivity index is 2.28. The van der Waals surface area contributed by atoms with Gasteiger partial charge < -0.3 is 15.2 Å². The average Bonchev–Trinajstić information content (AvgIpc) is 2.61. The van der Waals surface area contributed by atoms with Crippen molar-refractivity contribution < 1.29 is 19.4 Å². The van der Waals surface area contributed by atoms with Gasteiger partial charge in [-0.05, 0) is 74.2 Å². The largest absolute Gasteiger partial charge is 0.491 e. The zero-order valence-corrected chi connectivity index (χ0v) is 17.1. The van der Waals surface area contributed by atoms with E-state index in [4.69, 9.17) is 4.74 Å². The van der Waals surface area contributed by atoms with Gasteiger partial charge in [-0.3, -0.25) is 4.79 Å². The standard InChI is InChI=1S/C19H17Br2NO4/c1-2-8-26-17-14(20)9-12(10-15(17)21)11-16(19(24)25)22-18(23)13-6-4-3-5-7-13/h3-7,9-11H,2,8H2,1H3,(H,22,23)(H,24,25)/b16-11+. The molecule has 0 saturated carbocycles. The number of amides is 1. The number of hydrogen-bond donors (Lipinski definition) is 2. The summed E-state index contributed by atoms with van der Waals surface area (Å²) in [6.07, 6.45) is 2.26. The van der Waals surface area contributed by atoms with Gasteiger partial charge in [-0.1, -0.05) is 25.1 Å². The Bertz CT molecular complexity index is 812. The van der Waals surface area contributed by atoms with Crippen LogP contribution in [0.4, 0.5) is 0 Å². The lowest BCUT2D eigenvalue weighted by atomic mass is 10.1. The van der Waals surface area contributed by atoms with Gasteiger partial charge in [0.25, 0.3) is 5.91 Å². The summed E-state index contributed by atoms with van der Waals surface area (Å²) < 4.78 is 7.02. The summed E-state index contributed by atoms with van der Waals surface area (Å²) >= 11 is 6.85. The monoisotopic (exact) mass is 481 g/mol. The molecule has 0 spiro atoms. The van der Waals surface area contributed by atoms with Gasteiger partial charge in [-0.15, -0.1) is 0 Å². The number of halogens is 2. The van der Waals surface area contributed by atoms with E-state index in [0.717, 1.165) is 6.42 Å². The summed E-state index contributed by atoms with van der Waals surface area (Å²) in [6.45, 7) is 2.58. The van der Waals surface area contributed by atoms with Gasteiger partial charge in [0.05, 0.1) is 15.6 Å². The number of hydrogen-bond acceptors (Lipinski definition) is 3. The number of nitrogens with one attached hydrogen (secondary N) is 1. The molecule has 0 fully saturated rings. The molecule has 0 atom stereocenters. The van der Waals surface area contributed by atoms with Crippen molar-refractivity contribution in [2.45, 2.75) is 13.3 Å². The maximum atomic E-state index is 12.2. The molecule has 0 aliphatic heterocycles. The minimum Gasteiger partial charge on any atom is -0.491 e. The highest BCUT2D eigenvalue weighted by Crippen LogP contribution is 2.35. The highest BCUT2D eigenvalue weighted by atomic mass is 79.9. The summed E-state index contributed by atoms with van der Waals surface area (Å²) in [6, 6.07) is 11.9. The van der Waals surface area contributed by atoms with Gasteiger partial charge >= 0.3 is 5.97 Å². The summed E-state index contributed by atoms with van der Waals surface area (Å²) in [5.41, 5.74) is 0.753. The van der Waals surface area contributed by atoms with Crippen molar-refractivity contribution in [2.24, 2.45) is 0 Å². The maximum Gasteiger partial charge on any atom is 0.352 e. The van der Waals surface area contributed by atoms with Crippen molar-refractivity contribution in [1.82, 2.24) is 5.32 Å². The number of carboxylic acids is 1. The summed E-state index contributed by atoms with van der Waals surface area (Å²) in [7, 11) is 0. The zero-order valence-electron chi connectivity index (χ0n) is 14.0. The topological polar surface area (TPSA) is 75.6 Å². The van der Waals surface area contributed by atoms with Crippen LogP contribution < -0.4 is 10.1 Å². The number of carbonyl (C=O) groups excluding carboxylic acids is 1. The molecule has 0 bridgehead atoms. The van der Waals surface area contributed by atoms with E-state index >= 15 is 0 Å². The van der Waals surface area contributed by atoms with E-state index in [1.165, 1.54) is 6.08 Å². The predicted molar refractivity (Wildman–Crippen MR) is 107 cm³/mol. The Morgan fingerprint density at radius 2 is 1.77 bits per heavy atom. The normalized spacial score (nSPS) is 11.1. The first kappa shape index (κ1) is 20.2. The number of carboxylic acid groups (broad SMARTS) is 1. The van der Waals surface area contributed by atoms with Crippen LogP contribution in [0.15, 0.2) is 57.1 Å². The molecular formula is C19H17Br2NO4. The first-order valence-corrected chi connectivity index (χ1v) is 9.44. The molecule has 0 aliphatic rings. The van der Waals surface area contributed by atoms with Crippen LogP contribution in [0.25, 0.3) is 6.08 Å².